The SMILES string of the molecule is CCCCCCCCCC[C@@H]1C(=O)O[C@H]1CCCCSCCCN(C)C. The first-order valence-corrected chi connectivity index (χ1v) is 12.2. The van der Waals surface area contributed by atoms with Crippen LogP contribution in [0.15, 0.2) is 0 Å². The fraction of sp³-hybridized carbons (Fsp3) is 0.955. The molecule has 0 spiro atoms. The predicted molar refractivity (Wildman–Crippen MR) is 115 cm³/mol. The van der Waals surface area contributed by atoms with Crippen molar-refractivity contribution in [3.63, 3.8) is 0 Å². The molecule has 0 radical (unpaired) electrons. The lowest BCUT2D eigenvalue weighted by Crippen LogP contribution is -2.44. The van der Waals surface area contributed by atoms with Gasteiger partial charge in [-0.15, -0.1) is 0 Å². The number of cyclic esters (lactones) is 1. The van der Waals surface area contributed by atoms with Crippen LogP contribution in [0.1, 0.15) is 90.4 Å². The zero-order chi connectivity index (χ0) is 19.0. The quantitative estimate of drug-likeness (QED) is 0.216. The molecule has 0 amide bonds. The van der Waals surface area contributed by atoms with E-state index in [1.54, 1.807) is 0 Å². The van der Waals surface area contributed by atoms with Crippen molar-refractivity contribution in [1.29, 1.82) is 0 Å². The summed E-state index contributed by atoms with van der Waals surface area (Å²) < 4.78 is 5.39. The Hall–Kier alpha value is -0.220. The molecule has 0 N–H and O–H groups in total. The van der Waals surface area contributed by atoms with Crippen LogP contribution in [0.3, 0.4) is 0 Å². The minimum atomic E-state index is 0.0657. The molecule has 0 aromatic heterocycles. The number of nitrogens with zero attached hydrogens (tertiary/aromatic N) is 1. The van der Waals surface area contributed by atoms with Gasteiger partial charge >= 0.3 is 5.97 Å². The largest absolute Gasteiger partial charge is 0.461 e. The standard InChI is InChI=1S/C22H43NO2S/c1-4-5-6-7-8-9-10-11-15-20-21(25-22(20)24)16-12-13-18-26-19-14-17-23(2)3/h20-21H,4-19H2,1-3H3/t20-,21-/m0/s1. The van der Waals surface area contributed by atoms with E-state index in [1.165, 1.54) is 88.7 Å². The van der Waals surface area contributed by atoms with Gasteiger partial charge in [0.15, 0.2) is 0 Å². The van der Waals surface area contributed by atoms with Gasteiger partial charge in [-0.05, 0) is 64.2 Å². The summed E-state index contributed by atoms with van der Waals surface area (Å²) in [6, 6.07) is 0. The molecular formula is C22H43NO2S. The zero-order valence-electron chi connectivity index (χ0n) is 17.6. The van der Waals surface area contributed by atoms with Gasteiger partial charge in [0.2, 0.25) is 0 Å². The minimum Gasteiger partial charge on any atom is -0.461 e. The van der Waals surface area contributed by atoms with Gasteiger partial charge in [-0.3, -0.25) is 4.79 Å². The molecule has 0 saturated carbocycles. The Morgan fingerprint density at radius 2 is 1.46 bits per heavy atom. The molecule has 3 nitrogen and oxygen atoms in total. The van der Waals surface area contributed by atoms with E-state index in [0.717, 1.165) is 12.8 Å². The maximum Gasteiger partial charge on any atom is 0.313 e. The van der Waals surface area contributed by atoms with Crippen molar-refractivity contribution in [1.82, 2.24) is 4.90 Å². The summed E-state index contributed by atoms with van der Waals surface area (Å²) >= 11 is 2.07. The molecule has 1 rings (SSSR count). The topological polar surface area (TPSA) is 29.5 Å². The van der Waals surface area contributed by atoms with Gasteiger partial charge < -0.3 is 9.64 Å². The van der Waals surface area contributed by atoms with Crippen molar-refractivity contribution in [2.24, 2.45) is 5.92 Å². The molecule has 0 bridgehead atoms. The first-order chi connectivity index (χ1) is 12.6. The Labute approximate surface area is 167 Å². The van der Waals surface area contributed by atoms with Crippen LogP contribution < -0.4 is 0 Å². The molecule has 1 heterocycles. The van der Waals surface area contributed by atoms with Crippen LogP contribution >= 0.6 is 11.8 Å². The first kappa shape index (κ1) is 23.8. The van der Waals surface area contributed by atoms with Crippen molar-refractivity contribution < 1.29 is 9.53 Å². The molecule has 1 saturated heterocycles. The van der Waals surface area contributed by atoms with Crippen molar-refractivity contribution in [2.75, 3.05) is 32.1 Å². The Morgan fingerprint density at radius 1 is 0.846 bits per heavy atom. The normalized spacial score (nSPS) is 19.6. The second kappa shape index (κ2) is 15.8. The molecule has 26 heavy (non-hydrogen) atoms. The number of thioether (sulfide) groups is 1. The minimum absolute atomic E-state index is 0.0657. The van der Waals surface area contributed by atoms with Gasteiger partial charge in [0.25, 0.3) is 0 Å². The van der Waals surface area contributed by atoms with Crippen molar-refractivity contribution >= 4 is 17.7 Å². The Morgan fingerprint density at radius 3 is 2.12 bits per heavy atom. The summed E-state index contributed by atoms with van der Waals surface area (Å²) in [5.41, 5.74) is 0. The second-order valence-electron chi connectivity index (χ2n) is 8.11. The van der Waals surface area contributed by atoms with E-state index in [-0.39, 0.29) is 18.0 Å². The molecule has 1 aliphatic heterocycles. The van der Waals surface area contributed by atoms with Crippen LogP contribution in [-0.2, 0) is 9.53 Å². The van der Waals surface area contributed by atoms with E-state index in [4.69, 9.17) is 4.74 Å². The number of carbonyl (C=O) groups excluding carboxylic acids is 1. The molecule has 0 aliphatic carbocycles. The maximum atomic E-state index is 11.7. The van der Waals surface area contributed by atoms with Gasteiger partial charge in [0.05, 0.1) is 5.92 Å². The number of esters is 1. The van der Waals surface area contributed by atoms with Gasteiger partial charge in [-0.25, -0.2) is 0 Å². The fourth-order valence-electron chi connectivity index (χ4n) is 3.59. The lowest BCUT2D eigenvalue weighted by Gasteiger charge is -2.35. The maximum absolute atomic E-state index is 11.7. The lowest BCUT2D eigenvalue weighted by molar-refractivity contribution is -0.186. The van der Waals surface area contributed by atoms with Gasteiger partial charge in [-0.2, -0.15) is 11.8 Å². The van der Waals surface area contributed by atoms with Crippen molar-refractivity contribution in [3.8, 4) is 0 Å². The van der Waals surface area contributed by atoms with Crippen LogP contribution in [0.4, 0.5) is 0 Å². The molecule has 4 heteroatoms. The van der Waals surface area contributed by atoms with Gasteiger partial charge in [0.1, 0.15) is 6.10 Å². The highest BCUT2D eigenvalue weighted by molar-refractivity contribution is 7.99. The Bertz CT molecular complexity index is 349. The van der Waals surface area contributed by atoms with Crippen LogP contribution in [0, 0.1) is 5.92 Å². The monoisotopic (exact) mass is 385 g/mol. The average Bonchev–Trinajstić information content (AvgIpc) is 2.61. The highest BCUT2D eigenvalue weighted by atomic mass is 32.2. The lowest BCUT2D eigenvalue weighted by atomic mass is 9.88. The van der Waals surface area contributed by atoms with E-state index >= 15 is 0 Å². The van der Waals surface area contributed by atoms with E-state index in [2.05, 4.69) is 37.7 Å². The zero-order valence-corrected chi connectivity index (χ0v) is 18.5. The Kier molecular flexibility index (Phi) is 14.5. The van der Waals surface area contributed by atoms with Crippen LogP contribution in [0.25, 0.3) is 0 Å². The van der Waals surface area contributed by atoms with E-state index in [0.29, 0.717) is 0 Å². The van der Waals surface area contributed by atoms with Crippen LogP contribution in [0.2, 0.25) is 0 Å². The highest BCUT2D eigenvalue weighted by Crippen LogP contribution is 2.31. The fourth-order valence-corrected chi connectivity index (χ4v) is 4.54. The summed E-state index contributed by atoms with van der Waals surface area (Å²) in [5.74, 6) is 2.79. The summed E-state index contributed by atoms with van der Waals surface area (Å²) in [6.07, 6.45) is 16.7. The number of ether oxygens (including phenoxy) is 1. The summed E-state index contributed by atoms with van der Waals surface area (Å²) in [6.45, 7) is 3.45. The summed E-state index contributed by atoms with van der Waals surface area (Å²) in [5, 5.41) is 0. The first-order valence-electron chi connectivity index (χ1n) is 11.1. The second-order valence-corrected chi connectivity index (χ2v) is 9.34. The molecule has 2 atom stereocenters. The van der Waals surface area contributed by atoms with Crippen LogP contribution in [0.5, 0.6) is 0 Å². The molecule has 154 valence electrons. The number of hydrogen-bond donors (Lipinski definition) is 0. The number of hydrogen-bond acceptors (Lipinski definition) is 4. The third-order valence-electron chi connectivity index (χ3n) is 5.31. The van der Waals surface area contributed by atoms with E-state index < -0.39 is 0 Å². The van der Waals surface area contributed by atoms with E-state index in [9.17, 15) is 4.79 Å². The van der Waals surface area contributed by atoms with Crippen LogP contribution in [-0.4, -0.2) is 49.1 Å². The molecule has 0 unspecified atom stereocenters. The molecule has 0 aromatic carbocycles. The van der Waals surface area contributed by atoms with Crippen molar-refractivity contribution in [3.05, 3.63) is 0 Å². The van der Waals surface area contributed by atoms with Gasteiger partial charge in [0, 0.05) is 0 Å². The third kappa shape index (κ3) is 11.5. The van der Waals surface area contributed by atoms with E-state index in [1.807, 2.05) is 0 Å². The molecule has 0 aromatic rings. The predicted octanol–water partition coefficient (Wildman–Crippen LogP) is 5.91. The van der Waals surface area contributed by atoms with Gasteiger partial charge in [-0.1, -0.05) is 58.3 Å². The molecule has 1 aliphatic rings. The van der Waals surface area contributed by atoms with Crippen molar-refractivity contribution in [2.45, 2.75) is 96.5 Å². The molecule has 1 fully saturated rings. The third-order valence-corrected chi connectivity index (χ3v) is 6.46. The Balaban J connectivity index is 1.92. The summed E-state index contributed by atoms with van der Waals surface area (Å²) in [7, 11) is 4.27. The highest BCUT2D eigenvalue weighted by Gasteiger charge is 2.40. The number of unbranched alkanes of at least 4 members (excludes halogenated alkanes) is 8. The smallest absolute Gasteiger partial charge is 0.313 e. The molecular weight excluding hydrogens is 342 g/mol. The number of carbonyl (C=O) groups is 1. The number of rotatable bonds is 18. The average molecular weight is 386 g/mol. The summed E-state index contributed by atoms with van der Waals surface area (Å²) in [4.78, 5) is 14.0.